The number of nitrogens with one attached hydrogen (secondary N) is 2. The number of aromatic amines is 1. The second-order valence-electron chi connectivity index (χ2n) is 6.43. The first-order valence-electron chi connectivity index (χ1n) is 8.72. The zero-order valence-electron chi connectivity index (χ0n) is 14.9. The second-order valence-corrected chi connectivity index (χ2v) is 7.46. The van der Waals surface area contributed by atoms with Gasteiger partial charge >= 0.3 is 0 Å². The lowest BCUT2D eigenvalue weighted by Gasteiger charge is -2.20. The van der Waals surface area contributed by atoms with E-state index in [-0.39, 0.29) is 12.0 Å². The van der Waals surface area contributed by atoms with Gasteiger partial charge in [-0.05, 0) is 12.5 Å². The summed E-state index contributed by atoms with van der Waals surface area (Å²) in [5.74, 6) is 2.51. The zero-order valence-corrected chi connectivity index (χ0v) is 15.7. The van der Waals surface area contributed by atoms with Crippen LogP contribution in [0.2, 0.25) is 0 Å². The molecule has 0 spiro atoms. The molecule has 0 radical (unpaired) electrons. The Labute approximate surface area is 157 Å². The molecule has 0 unspecified atom stereocenters. The molecule has 138 valence electrons. The summed E-state index contributed by atoms with van der Waals surface area (Å²) in [5, 5.41) is 13.5. The van der Waals surface area contributed by atoms with Gasteiger partial charge in [0.2, 0.25) is 0 Å². The number of rotatable bonds is 9. The van der Waals surface area contributed by atoms with Crippen molar-refractivity contribution in [3.8, 4) is 0 Å². The van der Waals surface area contributed by atoms with Crippen LogP contribution >= 0.6 is 11.8 Å². The van der Waals surface area contributed by atoms with E-state index in [0.717, 1.165) is 34.6 Å². The van der Waals surface area contributed by atoms with E-state index < -0.39 is 0 Å². The quantitative estimate of drug-likeness (QED) is 0.461. The van der Waals surface area contributed by atoms with Gasteiger partial charge in [-0.15, -0.1) is 0 Å². The summed E-state index contributed by atoms with van der Waals surface area (Å²) in [4.78, 5) is 11.4. The number of H-pyrrole nitrogens is 1. The minimum absolute atomic E-state index is 0.189. The summed E-state index contributed by atoms with van der Waals surface area (Å²) in [5.41, 5.74) is 9.83. The lowest BCUT2D eigenvalue weighted by molar-refractivity contribution is 0.136. The van der Waals surface area contributed by atoms with Gasteiger partial charge in [-0.25, -0.2) is 9.97 Å². The largest absolute Gasteiger partial charge is 0.393 e. The van der Waals surface area contributed by atoms with Crippen molar-refractivity contribution >= 4 is 28.6 Å². The number of fused-ring (bicyclic) bond motifs is 1. The molecule has 0 aliphatic rings. The number of aliphatic hydroxyl groups excluding tert-OH is 1. The number of nitrogens with two attached hydrogens (primary N) is 1. The molecule has 2 heterocycles. The van der Waals surface area contributed by atoms with E-state index in [0.29, 0.717) is 12.4 Å². The third-order valence-corrected chi connectivity index (χ3v) is 5.62. The number of hydrogen-bond donors (Lipinski definition) is 4. The molecule has 0 fully saturated rings. The van der Waals surface area contributed by atoms with E-state index in [1.54, 1.807) is 0 Å². The summed E-state index contributed by atoms with van der Waals surface area (Å²) in [6.45, 7) is 3.27. The number of hydrogen-bond acceptors (Lipinski definition) is 6. The van der Waals surface area contributed by atoms with Gasteiger partial charge < -0.3 is 21.1 Å². The highest BCUT2D eigenvalue weighted by atomic mass is 32.2. The van der Waals surface area contributed by atoms with E-state index in [2.05, 4.69) is 44.5 Å². The highest BCUT2D eigenvalue weighted by Crippen LogP contribution is 2.20. The summed E-state index contributed by atoms with van der Waals surface area (Å²) in [6, 6.07) is 10.4. The van der Waals surface area contributed by atoms with E-state index in [4.69, 9.17) is 5.73 Å². The van der Waals surface area contributed by atoms with Crippen molar-refractivity contribution in [1.29, 1.82) is 0 Å². The molecule has 3 rings (SSSR count). The van der Waals surface area contributed by atoms with Crippen LogP contribution in [-0.2, 0) is 12.3 Å². The molecule has 0 aliphatic heterocycles. The lowest BCUT2D eigenvalue weighted by atomic mass is 10.1. The van der Waals surface area contributed by atoms with Crippen molar-refractivity contribution in [2.75, 3.05) is 18.0 Å². The van der Waals surface area contributed by atoms with Gasteiger partial charge in [-0.2, -0.15) is 11.8 Å². The van der Waals surface area contributed by atoms with Crippen molar-refractivity contribution in [2.24, 2.45) is 5.92 Å². The van der Waals surface area contributed by atoms with E-state index >= 15 is 0 Å². The minimum atomic E-state index is -0.355. The number of benzene rings is 1. The van der Waals surface area contributed by atoms with Crippen molar-refractivity contribution < 1.29 is 5.11 Å². The van der Waals surface area contributed by atoms with Crippen molar-refractivity contribution in [3.05, 3.63) is 54.0 Å². The molecule has 0 aliphatic carbocycles. The Kier molecular flexibility index (Phi) is 6.49. The third-order valence-electron chi connectivity index (χ3n) is 4.42. The molecule has 5 N–H and O–H groups in total. The SMILES string of the molecule is C[C@@H](O)[C@H](CNCc1c[nH]c2c(N)ncnc12)CSCc1ccccc1. The summed E-state index contributed by atoms with van der Waals surface area (Å²) in [7, 11) is 0. The summed E-state index contributed by atoms with van der Waals surface area (Å²) < 4.78 is 0. The van der Waals surface area contributed by atoms with Crippen LogP contribution in [0.15, 0.2) is 42.9 Å². The molecule has 0 saturated carbocycles. The first-order valence-corrected chi connectivity index (χ1v) is 9.87. The highest BCUT2D eigenvalue weighted by Gasteiger charge is 2.15. The maximum atomic E-state index is 10.1. The molecule has 0 bridgehead atoms. The van der Waals surface area contributed by atoms with E-state index in [1.807, 2.05) is 30.9 Å². The smallest absolute Gasteiger partial charge is 0.151 e. The predicted molar refractivity (Wildman–Crippen MR) is 108 cm³/mol. The van der Waals surface area contributed by atoms with Crippen LogP contribution in [-0.4, -0.2) is 38.5 Å². The molecule has 2 aromatic heterocycles. The van der Waals surface area contributed by atoms with Gasteiger partial charge in [0, 0.05) is 42.3 Å². The Morgan fingerprint density at radius 2 is 2.08 bits per heavy atom. The molecular weight excluding hydrogens is 346 g/mol. The predicted octanol–water partition coefficient (Wildman–Crippen LogP) is 2.56. The molecule has 3 aromatic rings. The van der Waals surface area contributed by atoms with Crippen LogP contribution in [0, 0.1) is 5.92 Å². The number of nitrogen functional groups attached to an aromatic ring is 1. The fourth-order valence-electron chi connectivity index (χ4n) is 2.81. The monoisotopic (exact) mass is 371 g/mol. The molecule has 7 heteroatoms. The number of thioether (sulfide) groups is 1. The van der Waals surface area contributed by atoms with Crippen LogP contribution in [0.5, 0.6) is 0 Å². The Morgan fingerprint density at radius 3 is 2.85 bits per heavy atom. The normalized spacial score (nSPS) is 13.8. The van der Waals surface area contributed by atoms with Crippen LogP contribution in [0.25, 0.3) is 11.0 Å². The Bertz CT molecular complexity index is 821. The maximum Gasteiger partial charge on any atom is 0.151 e. The lowest BCUT2D eigenvalue weighted by Crippen LogP contribution is -2.31. The number of aromatic nitrogens is 3. The van der Waals surface area contributed by atoms with Crippen molar-refractivity contribution in [2.45, 2.75) is 25.3 Å². The van der Waals surface area contributed by atoms with Crippen molar-refractivity contribution in [3.63, 3.8) is 0 Å². The number of aliphatic hydroxyl groups is 1. The van der Waals surface area contributed by atoms with Gasteiger partial charge in [0.15, 0.2) is 5.82 Å². The molecule has 2 atom stereocenters. The Hall–Kier alpha value is -2.09. The van der Waals surface area contributed by atoms with Gasteiger partial charge in [0.05, 0.1) is 11.6 Å². The molecule has 0 saturated heterocycles. The van der Waals surface area contributed by atoms with E-state index in [1.165, 1.54) is 11.9 Å². The molecule has 1 aromatic carbocycles. The highest BCUT2D eigenvalue weighted by molar-refractivity contribution is 7.98. The summed E-state index contributed by atoms with van der Waals surface area (Å²) >= 11 is 1.85. The fraction of sp³-hybridized carbons (Fsp3) is 0.368. The molecule has 26 heavy (non-hydrogen) atoms. The first-order chi connectivity index (χ1) is 12.6. The Balaban J connectivity index is 1.49. The zero-order chi connectivity index (χ0) is 18.4. The van der Waals surface area contributed by atoms with Crippen LogP contribution in [0.4, 0.5) is 5.82 Å². The summed E-state index contributed by atoms with van der Waals surface area (Å²) in [6.07, 6.45) is 3.03. The molecular formula is C19H25N5OS. The van der Waals surface area contributed by atoms with Crippen LogP contribution < -0.4 is 11.1 Å². The molecule has 6 nitrogen and oxygen atoms in total. The second kappa shape index (κ2) is 9.02. The Morgan fingerprint density at radius 1 is 1.27 bits per heavy atom. The fourth-order valence-corrected chi connectivity index (χ4v) is 4.06. The number of anilines is 1. The maximum absolute atomic E-state index is 10.1. The van der Waals surface area contributed by atoms with Gasteiger partial charge in [-0.1, -0.05) is 30.3 Å². The third kappa shape index (κ3) is 4.75. The van der Waals surface area contributed by atoms with Gasteiger partial charge in [0.1, 0.15) is 11.8 Å². The number of nitrogens with zero attached hydrogens (tertiary/aromatic N) is 2. The first kappa shape index (κ1) is 18.7. The van der Waals surface area contributed by atoms with Crippen molar-refractivity contribution in [1.82, 2.24) is 20.3 Å². The topological polar surface area (TPSA) is 99.8 Å². The average Bonchev–Trinajstić information content (AvgIpc) is 3.06. The van der Waals surface area contributed by atoms with Crippen LogP contribution in [0.1, 0.15) is 18.1 Å². The average molecular weight is 372 g/mol. The van der Waals surface area contributed by atoms with Gasteiger partial charge in [-0.3, -0.25) is 0 Å². The van der Waals surface area contributed by atoms with E-state index in [9.17, 15) is 5.11 Å². The van der Waals surface area contributed by atoms with Gasteiger partial charge in [0.25, 0.3) is 0 Å². The van der Waals surface area contributed by atoms with Crippen LogP contribution in [0.3, 0.4) is 0 Å². The standard InChI is InChI=1S/C19H25N5OS/c1-13(25)16(11-26-10-14-5-3-2-4-6-14)8-21-7-15-9-22-18-17(15)23-12-24-19(18)20/h2-6,9,12-13,16,21-22,25H,7-8,10-11H2,1H3,(H2,20,23,24)/t13-,16-/m1/s1. The minimum Gasteiger partial charge on any atom is -0.393 e. The molecule has 0 amide bonds.